The number of carbonyl (C=O) groups is 1. The normalized spacial score (nSPS) is 21.3. The van der Waals surface area contributed by atoms with Gasteiger partial charge in [-0.3, -0.25) is 4.79 Å². The van der Waals surface area contributed by atoms with Crippen LogP contribution in [0.5, 0.6) is 0 Å². The second-order valence-corrected chi connectivity index (χ2v) is 7.23. The minimum absolute atomic E-state index is 0. The fraction of sp³-hybridized carbons (Fsp3) is 0.611. The van der Waals surface area contributed by atoms with Crippen LogP contribution in [0.2, 0.25) is 0 Å². The van der Waals surface area contributed by atoms with Crippen molar-refractivity contribution in [1.29, 1.82) is 0 Å². The lowest BCUT2D eigenvalue weighted by atomic mass is 9.87. The summed E-state index contributed by atoms with van der Waals surface area (Å²) in [6.07, 6.45) is 3.18. The number of nitrogens with two attached hydrogens (primary N) is 1. The predicted molar refractivity (Wildman–Crippen MR) is 95.7 cm³/mol. The molecule has 1 aliphatic rings. The van der Waals surface area contributed by atoms with Gasteiger partial charge in [0.25, 0.3) is 0 Å². The van der Waals surface area contributed by atoms with Crippen molar-refractivity contribution in [3.63, 3.8) is 0 Å². The molecular formula is C18H29ClN2O. The van der Waals surface area contributed by atoms with Gasteiger partial charge in [-0.25, -0.2) is 0 Å². The molecule has 3 nitrogen and oxygen atoms in total. The van der Waals surface area contributed by atoms with E-state index in [2.05, 4.69) is 32.9 Å². The van der Waals surface area contributed by atoms with Gasteiger partial charge in [-0.15, -0.1) is 12.4 Å². The lowest BCUT2D eigenvalue weighted by Gasteiger charge is -2.26. The third-order valence-electron chi connectivity index (χ3n) is 4.73. The number of benzene rings is 1. The molecule has 1 aromatic carbocycles. The topological polar surface area (TPSA) is 46.3 Å². The van der Waals surface area contributed by atoms with Crippen molar-refractivity contribution >= 4 is 24.0 Å². The molecular weight excluding hydrogens is 296 g/mol. The Hall–Kier alpha value is -1.06. The van der Waals surface area contributed by atoms with E-state index in [-0.39, 0.29) is 29.6 Å². The lowest BCUT2D eigenvalue weighted by molar-refractivity contribution is -0.123. The van der Waals surface area contributed by atoms with E-state index in [0.717, 1.165) is 24.9 Å². The van der Waals surface area contributed by atoms with E-state index >= 15 is 0 Å². The van der Waals surface area contributed by atoms with Crippen LogP contribution in [0, 0.1) is 11.8 Å². The number of anilines is 1. The minimum Gasteiger partial charge on any atom is -0.330 e. The van der Waals surface area contributed by atoms with Gasteiger partial charge in [0, 0.05) is 18.7 Å². The van der Waals surface area contributed by atoms with Crippen LogP contribution in [0.3, 0.4) is 0 Å². The first-order valence-corrected chi connectivity index (χ1v) is 7.92. The summed E-state index contributed by atoms with van der Waals surface area (Å²) in [5.74, 6) is 0.669. The highest BCUT2D eigenvalue weighted by Gasteiger charge is 2.34. The molecule has 0 bridgehead atoms. The van der Waals surface area contributed by atoms with Crippen LogP contribution in [0.4, 0.5) is 5.69 Å². The average Bonchev–Trinajstić information content (AvgIpc) is 2.93. The zero-order valence-corrected chi connectivity index (χ0v) is 15.0. The molecule has 0 unspecified atom stereocenters. The van der Waals surface area contributed by atoms with Gasteiger partial charge in [0.05, 0.1) is 0 Å². The Morgan fingerprint density at radius 1 is 1.23 bits per heavy atom. The molecule has 1 amide bonds. The van der Waals surface area contributed by atoms with Gasteiger partial charge in [-0.2, -0.15) is 0 Å². The summed E-state index contributed by atoms with van der Waals surface area (Å²) < 4.78 is 0. The Morgan fingerprint density at radius 2 is 1.82 bits per heavy atom. The van der Waals surface area contributed by atoms with Crippen molar-refractivity contribution in [1.82, 2.24) is 0 Å². The molecule has 1 aromatic rings. The number of nitrogens with zero attached hydrogens (tertiary/aromatic N) is 1. The van der Waals surface area contributed by atoms with Crippen LogP contribution < -0.4 is 10.6 Å². The van der Waals surface area contributed by atoms with E-state index < -0.39 is 0 Å². The zero-order chi connectivity index (χ0) is 15.6. The van der Waals surface area contributed by atoms with E-state index in [9.17, 15) is 4.79 Å². The van der Waals surface area contributed by atoms with E-state index in [4.69, 9.17) is 5.73 Å². The van der Waals surface area contributed by atoms with Crippen LogP contribution in [-0.4, -0.2) is 19.5 Å². The van der Waals surface area contributed by atoms with Crippen molar-refractivity contribution in [3.05, 3.63) is 29.8 Å². The Morgan fingerprint density at radius 3 is 2.32 bits per heavy atom. The van der Waals surface area contributed by atoms with Crippen molar-refractivity contribution in [2.45, 2.75) is 45.4 Å². The molecule has 0 radical (unpaired) electrons. The maximum Gasteiger partial charge on any atom is 0.230 e. The van der Waals surface area contributed by atoms with Crippen LogP contribution in [-0.2, 0) is 10.2 Å². The summed E-state index contributed by atoms with van der Waals surface area (Å²) in [4.78, 5) is 14.5. The number of amides is 1. The van der Waals surface area contributed by atoms with Gasteiger partial charge in [-0.05, 0) is 48.4 Å². The summed E-state index contributed by atoms with van der Waals surface area (Å²) >= 11 is 0. The van der Waals surface area contributed by atoms with Crippen LogP contribution in [0.15, 0.2) is 24.3 Å². The Bertz CT molecular complexity index is 493. The quantitative estimate of drug-likeness (QED) is 0.920. The molecule has 0 saturated heterocycles. The van der Waals surface area contributed by atoms with Gasteiger partial charge in [0.2, 0.25) is 5.91 Å². The molecule has 0 aliphatic heterocycles. The molecule has 0 heterocycles. The second-order valence-electron chi connectivity index (χ2n) is 7.23. The summed E-state index contributed by atoms with van der Waals surface area (Å²) in [5, 5.41) is 0. The van der Waals surface area contributed by atoms with Crippen LogP contribution in [0.1, 0.15) is 45.6 Å². The zero-order valence-electron chi connectivity index (χ0n) is 14.1. The number of hydrogen-bond acceptors (Lipinski definition) is 2. The smallest absolute Gasteiger partial charge is 0.230 e. The summed E-state index contributed by atoms with van der Waals surface area (Å²) in [7, 11) is 1.88. The van der Waals surface area contributed by atoms with Crippen molar-refractivity contribution in [3.8, 4) is 0 Å². The van der Waals surface area contributed by atoms with Crippen molar-refractivity contribution in [2.75, 3.05) is 18.5 Å². The first-order chi connectivity index (χ1) is 9.84. The predicted octanol–water partition coefficient (Wildman–Crippen LogP) is 3.74. The van der Waals surface area contributed by atoms with Gasteiger partial charge in [0.1, 0.15) is 0 Å². The Kier molecular flexibility index (Phi) is 6.45. The highest BCUT2D eigenvalue weighted by Crippen LogP contribution is 2.33. The SMILES string of the molecule is CN(C(=O)[C@@H]1CCC[C@@H]1CN)c1ccc(C(C)(C)C)cc1.Cl. The monoisotopic (exact) mass is 324 g/mol. The molecule has 2 atom stereocenters. The molecule has 124 valence electrons. The minimum atomic E-state index is 0. The number of carbonyl (C=O) groups excluding carboxylic acids is 1. The largest absolute Gasteiger partial charge is 0.330 e. The highest BCUT2D eigenvalue weighted by atomic mass is 35.5. The summed E-state index contributed by atoms with van der Waals surface area (Å²) in [5.41, 5.74) is 8.19. The fourth-order valence-corrected chi connectivity index (χ4v) is 3.21. The van der Waals surface area contributed by atoms with Crippen LogP contribution in [0.25, 0.3) is 0 Å². The van der Waals surface area contributed by atoms with E-state index in [0.29, 0.717) is 12.5 Å². The van der Waals surface area contributed by atoms with Crippen molar-refractivity contribution in [2.24, 2.45) is 17.6 Å². The van der Waals surface area contributed by atoms with Gasteiger partial charge in [-0.1, -0.05) is 39.3 Å². The lowest BCUT2D eigenvalue weighted by Crippen LogP contribution is -2.36. The first-order valence-electron chi connectivity index (χ1n) is 7.92. The third kappa shape index (κ3) is 4.02. The van der Waals surface area contributed by atoms with Gasteiger partial charge >= 0.3 is 0 Å². The van der Waals surface area contributed by atoms with E-state index in [1.807, 2.05) is 19.2 Å². The maximum absolute atomic E-state index is 12.7. The summed E-state index contributed by atoms with van der Waals surface area (Å²) in [6.45, 7) is 7.21. The van der Waals surface area contributed by atoms with E-state index in [1.165, 1.54) is 5.56 Å². The summed E-state index contributed by atoms with van der Waals surface area (Å²) in [6, 6.07) is 8.33. The number of halogens is 1. The first kappa shape index (κ1) is 19.0. The van der Waals surface area contributed by atoms with Crippen LogP contribution >= 0.6 is 12.4 Å². The molecule has 0 spiro atoms. The van der Waals surface area contributed by atoms with Gasteiger partial charge in [0.15, 0.2) is 0 Å². The Balaban J connectivity index is 0.00000242. The molecule has 1 aliphatic carbocycles. The molecule has 2 rings (SSSR count). The molecule has 0 aromatic heterocycles. The molecule has 2 N–H and O–H groups in total. The maximum atomic E-state index is 12.7. The number of hydrogen-bond donors (Lipinski definition) is 1. The number of rotatable bonds is 3. The highest BCUT2D eigenvalue weighted by molar-refractivity contribution is 5.94. The third-order valence-corrected chi connectivity index (χ3v) is 4.73. The second kappa shape index (κ2) is 7.47. The van der Waals surface area contributed by atoms with Crippen molar-refractivity contribution < 1.29 is 4.79 Å². The molecule has 4 heteroatoms. The fourth-order valence-electron chi connectivity index (χ4n) is 3.21. The molecule has 22 heavy (non-hydrogen) atoms. The molecule has 1 fully saturated rings. The van der Waals surface area contributed by atoms with E-state index in [1.54, 1.807) is 4.90 Å². The van der Waals surface area contributed by atoms with Gasteiger partial charge < -0.3 is 10.6 Å². The molecule has 1 saturated carbocycles. The standard InChI is InChI=1S/C18H28N2O.ClH/c1-18(2,3)14-8-10-15(11-9-14)20(4)17(21)16-7-5-6-13(16)12-19;/h8-11,13,16H,5-7,12,19H2,1-4H3;1H/t13-,16-;/m1./s1. The Labute approximate surface area is 140 Å². The average molecular weight is 325 g/mol.